The van der Waals surface area contributed by atoms with E-state index < -0.39 is 0 Å². The van der Waals surface area contributed by atoms with Crippen LogP contribution in [0.1, 0.15) is 28.4 Å². The molecule has 0 saturated carbocycles. The molecule has 0 aliphatic rings. The molecule has 4 heteroatoms. The van der Waals surface area contributed by atoms with Gasteiger partial charge in [0.1, 0.15) is 6.10 Å². The summed E-state index contributed by atoms with van der Waals surface area (Å²) in [5.41, 5.74) is 4.69. The number of likely N-dealkylation sites (N-methyl/N-ethyl adjacent to an activating group) is 1. The molecule has 0 N–H and O–H groups in total. The zero-order chi connectivity index (χ0) is 15.9. The Labute approximate surface area is 131 Å². The minimum atomic E-state index is -0.137. The molecule has 4 nitrogen and oxygen atoms in total. The maximum atomic E-state index is 10.4. The van der Waals surface area contributed by atoms with Gasteiger partial charge in [0, 0.05) is 7.05 Å². The number of benzene rings is 2. The van der Waals surface area contributed by atoms with Crippen molar-refractivity contribution < 1.29 is 4.74 Å². The van der Waals surface area contributed by atoms with Crippen LogP contribution in [-0.4, -0.2) is 25.2 Å². The van der Waals surface area contributed by atoms with Crippen molar-refractivity contribution in [3.8, 4) is 0 Å². The van der Waals surface area contributed by atoms with Crippen molar-refractivity contribution in [1.82, 2.24) is 5.01 Å². The van der Waals surface area contributed by atoms with E-state index >= 15 is 0 Å². The highest BCUT2D eigenvalue weighted by Crippen LogP contribution is 2.30. The van der Waals surface area contributed by atoms with E-state index in [1.807, 2.05) is 24.3 Å². The molecule has 0 atom stereocenters. The molecule has 2 rings (SSSR count). The summed E-state index contributed by atoms with van der Waals surface area (Å²) < 4.78 is 6.11. The van der Waals surface area contributed by atoms with Crippen molar-refractivity contribution in [2.24, 2.45) is 5.29 Å². The first-order chi connectivity index (χ1) is 10.6. The fourth-order valence-electron chi connectivity index (χ4n) is 2.45. The summed E-state index contributed by atoms with van der Waals surface area (Å²) in [5, 5.41) is 4.21. The summed E-state index contributed by atoms with van der Waals surface area (Å²) in [5.74, 6) is 0. The zero-order valence-corrected chi connectivity index (χ0v) is 13.3. The third kappa shape index (κ3) is 3.92. The van der Waals surface area contributed by atoms with Gasteiger partial charge in [0.25, 0.3) is 0 Å². The van der Waals surface area contributed by atoms with Crippen LogP contribution in [0.4, 0.5) is 0 Å². The quantitative estimate of drug-likeness (QED) is 0.572. The van der Waals surface area contributed by atoms with E-state index in [4.69, 9.17) is 4.74 Å². The molecule has 0 aromatic heterocycles. The molecule has 0 fully saturated rings. The van der Waals surface area contributed by atoms with E-state index in [-0.39, 0.29) is 6.10 Å². The summed E-state index contributed by atoms with van der Waals surface area (Å²) in [6.45, 7) is 5.08. The van der Waals surface area contributed by atoms with Gasteiger partial charge in [0.2, 0.25) is 0 Å². The molecule has 116 valence electrons. The molecule has 0 heterocycles. The van der Waals surface area contributed by atoms with Crippen molar-refractivity contribution in [3.63, 3.8) is 0 Å². The average Bonchev–Trinajstić information content (AvgIpc) is 2.53. The monoisotopic (exact) mass is 298 g/mol. The second-order valence-corrected chi connectivity index (χ2v) is 5.43. The van der Waals surface area contributed by atoms with Gasteiger partial charge in [-0.3, -0.25) is 5.01 Å². The lowest BCUT2D eigenvalue weighted by atomic mass is 9.94. The van der Waals surface area contributed by atoms with Crippen LogP contribution in [0.5, 0.6) is 0 Å². The Balaban J connectivity index is 2.27. The van der Waals surface area contributed by atoms with Gasteiger partial charge in [0.15, 0.2) is 0 Å². The number of nitrogens with zero attached hydrogens (tertiary/aromatic N) is 2. The van der Waals surface area contributed by atoms with Crippen molar-refractivity contribution >= 4 is 0 Å². The topological polar surface area (TPSA) is 41.9 Å². The molecular weight excluding hydrogens is 276 g/mol. The van der Waals surface area contributed by atoms with E-state index in [0.717, 1.165) is 11.1 Å². The van der Waals surface area contributed by atoms with Gasteiger partial charge in [-0.2, -0.15) is 0 Å². The predicted molar refractivity (Wildman–Crippen MR) is 88.6 cm³/mol. The van der Waals surface area contributed by atoms with Gasteiger partial charge in [0.05, 0.1) is 18.4 Å². The normalized spacial score (nSPS) is 10.7. The van der Waals surface area contributed by atoms with Crippen LogP contribution in [0.15, 0.2) is 53.8 Å². The number of hydrogen-bond donors (Lipinski definition) is 0. The smallest absolute Gasteiger partial charge is 0.108 e. The third-order valence-corrected chi connectivity index (χ3v) is 3.78. The first kappa shape index (κ1) is 16.2. The Hall–Kier alpha value is -2.20. The number of rotatable bonds is 7. The highest BCUT2D eigenvalue weighted by atomic mass is 16.5. The first-order valence-electron chi connectivity index (χ1n) is 7.40. The summed E-state index contributed by atoms with van der Waals surface area (Å²) in [7, 11) is 1.65. The molecule has 0 aliphatic carbocycles. The molecular formula is C18H22N2O2. The Morgan fingerprint density at radius 1 is 1.00 bits per heavy atom. The molecule has 0 aliphatic heterocycles. The van der Waals surface area contributed by atoms with Crippen molar-refractivity contribution in [1.29, 1.82) is 0 Å². The Morgan fingerprint density at radius 2 is 1.50 bits per heavy atom. The SMILES string of the molecule is Cc1ccccc1C(OCCN(C)N=O)c1ccccc1C. The molecule has 0 amide bonds. The maximum absolute atomic E-state index is 10.4. The van der Waals surface area contributed by atoms with Crippen molar-refractivity contribution in [3.05, 3.63) is 75.7 Å². The number of ether oxygens (including phenoxy) is 1. The molecule has 0 spiro atoms. The third-order valence-electron chi connectivity index (χ3n) is 3.78. The standard InChI is InChI=1S/C18H22N2O2/c1-14-8-4-6-10-16(14)18(22-13-12-20(3)19-21)17-11-7-5-9-15(17)2/h4-11,18H,12-13H2,1-3H3. The van der Waals surface area contributed by atoms with Gasteiger partial charge < -0.3 is 4.74 Å². The highest BCUT2D eigenvalue weighted by molar-refractivity contribution is 5.38. The Kier molecular flexibility index (Phi) is 5.67. The average molecular weight is 298 g/mol. The molecule has 0 bridgehead atoms. The lowest BCUT2D eigenvalue weighted by Gasteiger charge is -2.23. The zero-order valence-electron chi connectivity index (χ0n) is 13.3. The predicted octanol–water partition coefficient (Wildman–Crippen LogP) is 4.02. The Morgan fingerprint density at radius 3 is 1.95 bits per heavy atom. The molecule has 22 heavy (non-hydrogen) atoms. The summed E-state index contributed by atoms with van der Waals surface area (Å²) in [6, 6.07) is 16.5. The highest BCUT2D eigenvalue weighted by Gasteiger charge is 2.18. The Bertz CT molecular complexity index is 582. The number of nitroso groups, excluding NO2 is 1. The molecule has 2 aromatic rings. The second-order valence-electron chi connectivity index (χ2n) is 5.43. The van der Waals surface area contributed by atoms with Gasteiger partial charge in [-0.05, 0) is 36.1 Å². The van der Waals surface area contributed by atoms with E-state index in [1.54, 1.807) is 7.05 Å². The van der Waals surface area contributed by atoms with Gasteiger partial charge in [-0.15, -0.1) is 4.91 Å². The van der Waals surface area contributed by atoms with Gasteiger partial charge in [-0.1, -0.05) is 48.5 Å². The van der Waals surface area contributed by atoms with Crippen LogP contribution in [0.3, 0.4) is 0 Å². The largest absolute Gasteiger partial charge is 0.367 e. The molecule has 0 radical (unpaired) electrons. The number of hydrogen-bond acceptors (Lipinski definition) is 3. The molecule has 0 saturated heterocycles. The lowest BCUT2D eigenvalue weighted by Crippen LogP contribution is -2.19. The summed E-state index contributed by atoms with van der Waals surface area (Å²) in [4.78, 5) is 10.4. The van der Waals surface area contributed by atoms with Crippen LogP contribution in [0, 0.1) is 18.8 Å². The van der Waals surface area contributed by atoms with Crippen molar-refractivity contribution in [2.75, 3.05) is 20.2 Å². The van der Waals surface area contributed by atoms with Crippen LogP contribution in [0.2, 0.25) is 0 Å². The van der Waals surface area contributed by atoms with Gasteiger partial charge >= 0.3 is 0 Å². The van der Waals surface area contributed by atoms with Crippen LogP contribution in [-0.2, 0) is 4.74 Å². The number of aryl methyl sites for hydroxylation is 2. The minimum absolute atomic E-state index is 0.137. The maximum Gasteiger partial charge on any atom is 0.108 e. The fraction of sp³-hybridized carbons (Fsp3) is 0.333. The summed E-state index contributed by atoms with van der Waals surface area (Å²) >= 11 is 0. The van der Waals surface area contributed by atoms with E-state index in [0.29, 0.717) is 13.2 Å². The minimum Gasteiger partial charge on any atom is -0.367 e. The second kappa shape index (κ2) is 7.71. The lowest BCUT2D eigenvalue weighted by molar-refractivity contribution is 0.0643. The van der Waals surface area contributed by atoms with Crippen LogP contribution in [0.25, 0.3) is 0 Å². The van der Waals surface area contributed by atoms with Gasteiger partial charge in [-0.25, -0.2) is 0 Å². The van der Waals surface area contributed by atoms with E-state index in [9.17, 15) is 4.91 Å². The molecule has 0 unspecified atom stereocenters. The first-order valence-corrected chi connectivity index (χ1v) is 7.40. The van der Waals surface area contributed by atoms with E-state index in [2.05, 4.69) is 43.4 Å². The van der Waals surface area contributed by atoms with Crippen molar-refractivity contribution in [2.45, 2.75) is 20.0 Å². The van der Waals surface area contributed by atoms with Crippen LogP contribution < -0.4 is 0 Å². The fourth-order valence-corrected chi connectivity index (χ4v) is 2.45. The van der Waals surface area contributed by atoms with E-state index in [1.165, 1.54) is 16.1 Å². The molecule has 2 aromatic carbocycles. The van der Waals surface area contributed by atoms with Crippen LogP contribution >= 0.6 is 0 Å². The summed E-state index contributed by atoms with van der Waals surface area (Å²) in [6.07, 6.45) is -0.137.